The highest BCUT2D eigenvalue weighted by atomic mass is 32.2. The Labute approximate surface area is 90.9 Å². The standard InChI is InChI=1S/C8H19N3O3S/c1-8(2,3)11-7(12)9-5-6-10-15(4,13)14/h10H,5-6H2,1-4H3,(H2,9,11,12). The third kappa shape index (κ3) is 11.1. The van der Waals surface area contributed by atoms with Gasteiger partial charge in [0, 0.05) is 18.6 Å². The predicted octanol–water partition coefficient (Wildman–Crippen LogP) is -0.367. The summed E-state index contributed by atoms with van der Waals surface area (Å²) in [6, 6.07) is -0.308. The van der Waals surface area contributed by atoms with Gasteiger partial charge in [-0.05, 0) is 20.8 Å². The molecule has 0 unspecified atom stereocenters. The minimum atomic E-state index is -3.18. The van der Waals surface area contributed by atoms with Crippen LogP contribution in [0.4, 0.5) is 4.79 Å². The van der Waals surface area contributed by atoms with Crippen LogP contribution in [0.5, 0.6) is 0 Å². The van der Waals surface area contributed by atoms with Crippen LogP contribution < -0.4 is 15.4 Å². The van der Waals surface area contributed by atoms with Crippen LogP contribution in [0.25, 0.3) is 0 Å². The van der Waals surface area contributed by atoms with E-state index in [2.05, 4.69) is 15.4 Å². The molecule has 0 aliphatic rings. The van der Waals surface area contributed by atoms with E-state index in [-0.39, 0.29) is 24.7 Å². The Balaban J connectivity index is 3.66. The fraction of sp³-hybridized carbons (Fsp3) is 0.875. The first kappa shape index (κ1) is 14.2. The van der Waals surface area contributed by atoms with E-state index >= 15 is 0 Å². The number of hydrogen-bond acceptors (Lipinski definition) is 3. The van der Waals surface area contributed by atoms with Crippen molar-refractivity contribution >= 4 is 16.1 Å². The molecule has 2 amide bonds. The van der Waals surface area contributed by atoms with Gasteiger partial charge >= 0.3 is 6.03 Å². The van der Waals surface area contributed by atoms with Crippen molar-refractivity contribution in [3.63, 3.8) is 0 Å². The molecular formula is C8H19N3O3S. The predicted molar refractivity (Wildman–Crippen MR) is 59.1 cm³/mol. The number of carbonyl (C=O) groups is 1. The zero-order chi connectivity index (χ0) is 12.1. The van der Waals surface area contributed by atoms with E-state index in [1.165, 1.54) is 0 Å². The van der Waals surface area contributed by atoms with Gasteiger partial charge in [0.15, 0.2) is 0 Å². The van der Waals surface area contributed by atoms with E-state index in [4.69, 9.17) is 0 Å². The Hall–Kier alpha value is -0.820. The molecule has 0 heterocycles. The molecule has 0 atom stereocenters. The van der Waals surface area contributed by atoms with Gasteiger partial charge in [0.05, 0.1) is 6.26 Å². The Morgan fingerprint density at radius 1 is 1.20 bits per heavy atom. The van der Waals surface area contributed by atoms with E-state index in [0.717, 1.165) is 6.26 Å². The Morgan fingerprint density at radius 2 is 1.73 bits per heavy atom. The summed E-state index contributed by atoms with van der Waals surface area (Å²) in [6.45, 7) is 6.04. The summed E-state index contributed by atoms with van der Waals surface area (Å²) in [6.07, 6.45) is 1.07. The van der Waals surface area contributed by atoms with Gasteiger partial charge in [-0.3, -0.25) is 0 Å². The van der Waals surface area contributed by atoms with Crippen LogP contribution in [-0.2, 0) is 10.0 Å². The van der Waals surface area contributed by atoms with Crippen LogP contribution >= 0.6 is 0 Å². The lowest BCUT2D eigenvalue weighted by atomic mass is 10.1. The highest BCUT2D eigenvalue weighted by Crippen LogP contribution is 1.96. The molecule has 0 fully saturated rings. The van der Waals surface area contributed by atoms with Gasteiger partial charge in [0.2, 0.25) is 10.0 Å². The zero-order valence-corrected chi connectivity index (χ0v) is 10.4. The number of carbonyl (C=O) groups excluding carboxylic acids is 1. The molecule has 3 N–H and O–H groups in total. The monoisotopic (exact) mass is 237 g/mol. The number of amides is 2. The Morgan fingerprint density at radius 3 is 2.13 bits per heavy atom. The molecule has 0 radical (unpaired) electrons. The molecule has 0 aromatic rings. The van der Waals surface area contributed by atoms with Crippen molar-refractivity contribution in [2.45, 2.75) is 26.3 Å². The van der Waals surface area contributed by atoms with Crippen molar-refractivity contribution in [2.75, 3.05) is 19.3 Å². The number of rotatable bonds is 4. The van der Waals surface area contributed by atoms with Crippen molar-refractivity contribution in [1.29, 1.82) is 0 Å². The number of nitrogens with one attached hydrogen (secondary N) is 3. The molecule has 0 saturated heterocycles. The molecule has 0 aliphatic carbocycles. The van der Waals surface area contributed by atoms with Crippen LogP contribution in [0.1, 0.15) is 20.8 Å². The molecule has 0 rings (SSSR count). The van der Waals surface area contributed by atoms with Gasteiger partial charge in [-0.1, -0.05) is 0 Å². The molecule has 15 heavy (non-hydrogen) atoms. The summed E-state index contributed by atoms with van der Waals surface area (Å²) in [5, 5.41) is 5.22. The summed E-state index contributed by atoms with van der Waals surface area (Å²) in [4.78, 5) is 11.2. The lowest BCUT2D eigenvalue weighted by Crippen LogP contribution is -2.48. The van der Waals surface area contributed by atoms with Crippen molar-refractivity contribution in [3.8, 4) is 0 Å². The van der Waals surface area contributed by atoms with Gasteiger partial charge in [-0.15, -0.1) is 0 Å². The van der Waals surface area contributed by atoms with E-state index in [1.807, 2.05) is 20.8 Å². The van der Waals surface area contributed by atoms with E-state index in [9.17, 15) is 13.2 Å². The fourth-order valence-corrected chi connectivity index (χ4v) is 1.27. The molecule has 0 bridgehead atoms. The maximum atomic E-state index is 11.2. The summed E-state index contributed by atoms with van der Waals surface area (Å²) >= 11 is 0. The van der Waals surface area contributed by atoms with Crippen molar-refractivity contribution in [3.05, 3.63) is 0 Å². The van der Waals surface area contributed by atoms with E-state index < -0.39 is 10.0 Å². The third-order valence-electron chi connectivity index (χ3n) is 1.26. The van der Waals surface area contributed by atoms with Crippen LogP contribution in [0.3, 0.4) is 0 Å². The molecule has 0 spiro atoms. The topological polar surface area (TPSA) is 87.3 Å². The Bertz CT molecular complexity index is 306. The molecule has 7 heteroatoms. The molecule has 0 aromatic heterocycles. The van der Waals surface area contributed by atoms with E-state index in [0.29, 0.717) is 0 Å². The second-order valence-electron chi connectivity index (χ2n) is 4.30. The lowest BCUT2D eigenvalue weighted by molar-refractivity contribution is 0.232. The molecular weight excluding hydrogens is 218 g/mol. The SMILES string of the molecule is CC(C)(C)NC(=O)NCCNS(C)(=O)=O. The van der Waals surface area contributed by atoms with Crippen LogP contribution in [-0.4, -0.2) is 39.3 Å². The molecule has 0 aliphatic heterocycles. The number of sulfonamides is 1. The summed E-state index contributed by atoms with van der Waals surface area (Å²) < 4.78 is 23.6. The minimum absolute atomic E-state index is 0.191. The zero-order valence-electron chi connectivity index (χ0n) is 9.55. The Kier molecular flexibility index (Phi) is 5.02. The van der Waals surface area contributed by atoms with Crippen LogP contribution in [0, 0.1) is 0 Å². The van der Waals surface area contributed by atoms with Gasteiger partial charge in [-0.25, -0.2) is 17.9 Å². The third-order valence-corrected chi connectivity index (χ3v) is 1.99. The summed E-state index contributed by atoms with van der Waals surface area (Å²) in [5.41, 5.74) is -0.297. The van der Waals surface area contributed by atoms with Gasteiger partial charge < -0.3 is 10.6 Å². The normalized spacial score (nSPS) is 12.3. The fourth-order valence-electron chi connectivity index (χ4n) is 0.797. The van der Waals surface area contributed by atoms with Crippen molar-refractivity contribution in [2.24, 2.45) is 0 Å². The first-order valence-corrected chi connectivity index (χ1v) is 6.50. The minimum Gasteiger partial charge on any atom is -0.337 e. The number of urea groups is 1. The molecule has 90 valence electrons. The second-order valence-corrected chi connectivity index (χ2v) is 6.13. The second kappa shape index (κ2) is 5.32. The summed E-state index contributed by atoms with van der Waals surface area (Å²) in [7, 11) is -3.18. The lowest BCUT2D eigenvalue weighted by Gasteiger charge is -2.20. The van der Waals surface area contributed by atoms with Gasteiger partial charge in [0.1, 0.15) is 0 Å². The number of hydrogen-bond donors (Lipinski definition) is 3. The summed E-state index contributed by atoms with van der Waals surface area (Å²) in [5.74, 6) is 0. The molecule has 6 nitrogen and oxygen atoms in total. The maximum absolute atomic E-state index is 11.2. The smallest absolute Gasteiger partial charge is 0.315 e. The first-order chi connectivity index (χ1) is 6.60. The average Bonchev–Trinajstić information content (AvgIpc) is 1.92. The highest BCUT2D eigenvalue weighted by Gasteiger charge is 2.12. The maximum Gasteiger partial charge on any atom is 0.315 e. The van der Waals surface area contributed by atoms with E-state index in [1.54, 1.807) is 0 Å². The van der Waals surface area contributed by atoms with Gasteiger partial charge in [0.25, 0.3) is 0 Å². The quantitative estimate of drug-likeness (QED) is 0.583. The van der Waals surface area contributed by atoms with Crippen molar-refractivity contribution in [1.82, 2.24) is 15.4 Å². The van der Waals surface area contributed by atoms with Crippen molar-refractivity contribution < 1.29 is 13.2 Å². The molecule has 0 aromatic carbocycles. The van der Waals surface area contributed by atoms with Gasteiger partial charge in [-0.2, -0.15) is 0 Å². The highest BCUT2D eigenvalue weighted by molar-refractivity contribution is 7.88. The first-order valence-electron chi connectivity index (χ1n) is 4.61. The largest absolute Gasteiger partial charge is 0.337 e. The van der Waals surface area contributed by atoms with Crippen LogP contribution in [0.15, 0.2) is 0 Å². The van der Waals surface area contributed by atoms with Crippen LogP contribution in [0.2, 0.25) is 0 Å². The molecule has 0 saturated carbocycles. The average molecular weight is 237 g/mol.